The van der Waals surface area contributed by atoms with E-state index in [4.69, 9.17) is 16.7 Å². The number of halogens is 1. The molecule has 192 valence electrons. The number of rotatable bonds is 9. The van der Waals surface area contributed by atoms with Gasteiger partial charge < -0.3 is 14.9 Å². The van der Waals surface area contributed by atoms with Gasteiger partial charge in [0.05, 0.1) is 34.4 Å². The molecule has 0 saturated carbocycles. The number of thiazole rings is 1. The minimum Gasteiger partial charge on any atom is -0.481 e. The van der Waals surface area contributed by atoms with Gasteiger partial charge in [0.1, 0.15) is 11.5 Å². The van der Waals surface area contributed by atoms with E-state index in [0.717, 1.165) is 22.0 Å². The minimum absolute atomic E-state index is 0.131. The van der Waals surface area contributed by atoms with Crippen molar-refractivity contribution in [2.75, 3.05) is 50.5 Å². The van der Waals surface area contributed by atoms with Gasteiger partial charge in [0.2, 0.25) is 0 Å². The summed E-state index contributed by atoms with van der Waals surface area (Å²) in [7, 11) is 3.97. The van der Waals surface area contributed by atoms with Gasteiger partial charge in [-0.1, -0.05) is 22.9 Å². The van der Waals surface area contributed by atoms with Crippen molar-refractivity contribution in [2.24, 2.45) is 0 Å². The van der Waals surface area contributed by atoms with Crippen LogP contribution in [-0.4, -0.2) is 88.1 Å². The van der Waals surface area contributed by atoms with Gasteiger partial charge in [0.25, 0.3) is 5.91 Å². The normalized spacial score (nSPS) is 16.5. The highest BCUT2D eigenvalue weighted by Crippen LogP contribution is 2.36. The third-order valence-electron chi connectivity index (χ3n) is 5.75. The maximum atomic E-state index is 12.9. The van der Waals surface area contributed by atoms with Gasteiger partial charge in [-0.05, 0) is 27.1 Å². The smallest absolute Gasteiger partial charge is 0.304 e. The van der Waals surface area contributed by atoms with E-state index < -0.39 is 5.97 Å². The number of thiophene rings is 1. The van der Waals surface area contributed by atoms with Crippen molar-refractivity contribution < 1.29 is 14.7 Å². The first kappa shape index (κ1) is 26.4. The monoisotopic (exact) mass is 549 g/mol. The van der Waals surface area contributed by atoms with E-state index in [1.165, 1.54) is 28.9 Å². The first-order chi connectivity index (χ1) is 17.2. The highest BCUT2D eigenvalue weighted by molar-refractivity contribution is 7.17. The fourth-order valence-corrected chi connectivity index (χ4v) is 6.21. The first-order valence-corrected chi connectivity index (χ1v) is 13.5. The molecule has 1 aliphatic rings. The van der Waals surface area contributed by atoms with Crippen LogP contribution < -0.4 is 10.2 Å². The van der Waals surface area contributed by atoms with Gasteiger partial charge in [0, 0.05) is 49.0 Å². The summed E-state index contributed by atoms with van der Waals surface area (Å²) in [5.41, 5.74) is 1.02. The molecule has 10 nitrogen and oxygen atoms in total. The number of aromatic nitrogens is 3. The second-order valence-corrected chi connectivity index (χ2v) is 11.3. The van der Waals surface area contributed by atoms with Crippen LogP contribution in [0.2, 0.25) is 5.02 Å². The molecule has 1 fully saturated rings. The summed E-state index contributed by atoms with van der Waals surface area (Å²) in [5, 5.41) is 14.8. The molecule has 1 saturated heterocycles. The molecule has 0 spiro atoms. The second-order valence-electron chi connectivity index (χ2n) is 8.85. The number of carbonyl (C=O) groups is 2. The lowest BCUT2D eigenvalue weighted by atomic mass is 10.2. The second kappa shape index (κ2) is 11.6. The zero-order valence-electron chi connectivity index (χ0n) is 20.3. The zero-order chi connectivity index (χ0) is 25.8. The Balaban J connectivity index is 1.41. The number of nitrogens with one attached hydrogen (secondary N) is 1. The van der Waals surface area contributed by atoms with Crippen molar-refractivity contribution >= 4 is 57.1 Å². The standard InChI is InChI=1S/C23H28ClN7O3S2/c1-14-11-31(7-6-30(14)5-4-20(32)33)19-10-25-16(9-26-19)22(34)28-23-27-21(17-8-15(24)13-35-17)18(36-23)12-29(2)3/h8-10,13-14H,4-7,11-12H2,1-3H3,(H,32,33)(H,27,28,34)/t14-/m1/s1. The predicted octanol–water partition coefficient (Wildman–Crippen LogP) is 3.61. The number of hydrogen-bond acceptors (Lipinski definition) is 10. The molecule has 0 aliphatic carbocycles. The van der Waals surface area contributed by atoms with Gasteiger partial charge in [-0.3, -0.25) is 19.8 Å². The Labute approximate surface area is 222 Å². The SMILES string of the molecule is C[C@@H]1CN(c2cnc(C(=O)Nc3nc(-c4cc(Cl)cs4)c(CN(C)C)s3)cn2)CCN1CCC(=O)O. The highest BCUT2D eigenvalue weighted by atomic mass is 35.5. The molecule has 1 aliphatic heterocycles. The maximum absolute atomic E-state index is 12.9. The summed E-state index contributed by atoms with van der Waals surface area (Å²) in [6.45, 7) is 5.46. The van der Waals surface area contributed by atoms with E-state index in [1.54, 1.807) is 6.20 Å². The van der Waals surface area contributed by atoms with Crippen LogP contribution in [0.15, 0.2) is 23.8 Å². The van der Waals surface area contributed by atoms with Crippen LogP contribution in [0, 0.1) is 0 Å². The van der Waals surface area contributed by atoms with Crippen molar-refractivity contribution in [3.63, 3.8) is 0 Å². The van der Waals surface area contributed by atoms with Gasteiger partial charge in [-0.2, -0.15) is 0 Å². The topological polar surface area (TPSA) is 115 Å². The van der Waals surface area contributed by atoms with Crippen molar-refractivity contribution in [1.29, 1.82) is 0 Å². The average Bonchev–Trinajstić information content (AvgIpc) is 3.43. The van der Waals surface area contributed by atoms with Gasteiger partial charge >= 0.3 is 5.97 Å². The molecule has 3 aromatic heterocycles. The third kappa shape index (κ3) is 6.56. The van der Waals surface area contributed by atoms with Crippen LogP contribution in [0.1, 0.15) is 28.7 Å². The van der Waals surface area contributed by atoms with E-state index in [2.05, 4.69) is 41.9 Å². The molecule has 0 bridgehead atoms. The van der Waals surface area contributed by atoms with E-state index >= 15 is 0 Å². The Morgan fingerprint density at radius 3 is 2.69 bits per heavy atom. The van der Waals surface area contributed by atoms with Crippen molar-refractivity contribution in [1.82, 2.24) is 24.8 Å². The number of aliphatic carboxylic acids is 1. The fraction of sp³-hybridized carbons (Fsp3) is 0.435. The molecule has 0 unspecified atom stereocenters. The van der Waals surface area contributed by atoms with Crippen molar-refractivity contribution in [2.45, 2.75) is 25.9 Å². The number of nitrogens with zero attached hydrogens (tertiary/aromatic N) is 6. The maximum Gasteiger partial charge on any atom is 0.304 e. The Morgan fingerprint density at radius 2 is 2.08 bits per heavy atom. The molecule has 1 atom stereocenters. The molecule has 13 heteroatoms. The molecular formula is C23H28ClN7O3S2. The fourth-order valence-electron chi connectivity index (χ4n) is 3.97. The van der Waals surface area contributed by atoms with Crippen LogP contribution in [0.5, 0.6) is 0 Å². The number of hydrogen-bond donors (Lipinski definition) is 2. The molecule has 1 amide bonds. The van der Waals surface area contributed by atoms with Gasteiger partial charge in [-0.15, -0.1) is 11.3 Å². The van der Waals surface area contributed by atoms with Crippen molar-refractivity contribution in [3.05, 3.63) is 39.4 Å². The lowest BCUT2D eigenvalue weighted by Crippen LogP contribution is -2.52. The zero-order valence-corrected chi connectivity index (χ0v) is 22.7. The molecule has 0 aromatic carbocycles. The lowest BCUT2D eigenvalue weighted by molar-refractivity contribution is -0.137. The summed E-state index contributed by atoms with van der Waals surface area (Å²) in [6, 6.07) is 2.07. The Bertz CT molecular complexity index is 1210. The van der Waals surface area contributed by atoms with Gasteiger partial charge in [0.15, 0.2) is 5.13 Å². The van der Waals surface area contributed by atoms with Crippen LogP contribution >= 0.6 is 34.3 Å². The molecular weight excluding hydrogens is 522 g/mol. The van der Waals surface area contributed by atoms with E-state index in [0.29, 0.717) is 42.2 Å². The van der Waals surface area contributed by atoms with E-state index in [9.17, 15) is 9.59 Å². The van der Waals surface area contributed by atoms with Crippen LogP contribution in [0.4, 0.5) is 10.9 Å². The predicted molar refractivity (Wildman–Crippen MR) is 143 cm³/mol. The Morgan fingerprint density at radius 1 is 1.28 bits per heavy atom. The van der Waals surface area contributed by atoms with E-state index in [-0.39, 0.29) is 24.1 Å². The number of piperazine rings is 1. The molecule has 2 N–H and O–H groups in total. The van der Waals surface area contributed by atoms with Crippen molar-refractivity contribution in [3.8, 4) is 10.6 Å². The molecule has 3 aromatic rings. The minimum atomic E-state index is -0.789. The summed E-state index contributed by atoms with van der Waals surface area (Å²) in [5.74, 6) is -0.472. The van der Waals surface area contributed by atoms with Gasteiger partial charge in [-0.25, -0.2) is 15.0 Å². The molecule has 4 heterocycles. The Hall–Kier alpha value is -2.64. The number of carboxylic acid groups (broad SMARTS) is 1. The summed E-state index contributed by atoms with van der Waals surface area (Å²) in [6.07, 6.45) is 3.21. The molecule has 4 rings (SSSR count). The van der Waals surface area contributed by atoms with Crippen LogP contribution in [0.3, 0.4) is 0 Å². The number of anilines is 2. The number of amides is 1. The van der Waals surface area contributed by atoms with E-state index in [1.807, 2.05) is 25.5 Å². The summed E-state index contributed by atoms with van der Waals surface area (Å²) in [4.78, 5) is 45.5. The summed E-state index contributed by atoms with van der Waals surface area (Å²) < 4.78 is 0. The number of carbonyl (C=O) groups excluding carboxylic acids is 1. The highest BCUT2D eigenvalue weighted by Gasteiger charge is 2.25. The number of carboxylic acids is 1. The molecule has 36 heavy (non-hydrogen) atoms. The quantitative estimate of drug-likeness (QED) is 0.413. The first-order valence-electron chi connectivity index (χ1n) is 11.4. The summed E-state index contributed by atoms with van der Waals surface area (Å²) >= 11 is 9.06. The average molecular weight is 550 g/mol. The van der Waals surface area contributed by atoms with Crippen LogP contribution in [-0.2, 0) is 11.3 Å². The Kier molecular flexibility index (Phi) is 8.52. The third-order valence-corrected chi connectivity index (χ3v) is 7.99. The molecule has 0 radical (unpaired) electrons. The lowest BCUT2D eigenvalue weighted by Gasteiger charge is -2.40. The largest absolute Gasteiger partial charge is 0.481 e. The van der Waals surface area contributed by atoms with Crippen LogP contribution in [0.25, 0.3) is 10.6 Å².